The molecule has 7 heteroatoms. The maximum absolute atomic E-state index is 5.25. The van der Waals surface area contributed by atoms with Crippen LogP contribution >= 0.6 is 0 Å². The second kappa shape index (κ2) is 4.79. The molecule has 0 amide bonds. The molecule has 0 radical (unpaired) electrons. The average molecular weight is 234 g/mol. The van der Waals surface area contributed by atoms with Gasteiger partial charge in [-0.3, -0.25) is 5.43 Å². The standard InChI is InChI=1S/C10H14N6O/c1-6-4-13-10(15-11)14-9(6)12-5-8-3-7(2)17-16-8/h3-4H,5,11H2,1-2H3,(H2,12,13,14,15). The van der Waals surface area contributed by atoms with Crippen molar-refractivity contribution in [1.82, 2.24) is 15.1 Å². The minimum absolute atomic E-state index is 0.370. The molecule has 0 aliphatic rings. The summed E-state index contributed by atoms with van der Waals surface area (Å²) in [5.74, 6) is 7.12. The highest BCUT2D eigenvalue weighted by Gasteiger charge is 2.04. The van der Waals surface area contributed by atoms with E-state index in [-0.39, 0.29) is 0 Å². The zero-order valence-corrected chi connectivity index (χ0v) is 9.69. The van der Waals surface area contributed by atoms with Crippen molar-refractivity contribution in [2.75, 3.05) is 10.7 Å². The van der Waals surface area contributed by atoms with E-state index < -0.39 is 0 Å². The Bertz CT molecular complexity index is 509. The molecule has 0 spiro atoms. The van der Waals surface area contributed by atoms with Gasteiger partial charge in [0.25, 0.3) is 0 Å². The fourth-order valence-electron chi connectivity index (χ4n) is 1.37. The SMILES string of the molecule is Cc1cc(CNc2nc(NN)ncc2C)no1. The highest BCUT2D eigenvalue weighted by molar-refractivity contribution is 5.46. The first-order valence-electron chi connectivity index (χ1n) is 5.15. The average Bonchev–Trinajstić information content (AvgIpc) is 2.74. The number of hydrazine groups is 1. The number of nitrogens with two attached hydrogens (primary N) is 1. The van der Waals surface area contributed by atoms with Crippen LogP contribution in [0.2, 0.25) is 0 Å². The number of nitrogens with one attached hydrogen (secondary N) is 2. The Morgan fingerprint density at radius 2 is 2.24 bits per heavy atom. The number of hydrogen-bond donors (Lipinski definition) is 3. The van der Waals surface area contributed by atoms with Gasteiger partial charge in [0, 0.05) is 17.8 Å². The summed E-state index contributed by atoms with van der Waals surface area (Å²) in [6.07, 6.45) is 1.69. The third kappa shape index (κ3) is 2.70. The Balaban J connectivity index is 2.07. The predicted molar refractivity (Wildman–Crippen MR) is 63.1 cm³/mol. The van der Waals surface area contributed by atoms with Crippen molar-refractivity contribution in [2.45, 2.75) is 20.4 Å². The first-order chi connectivity index (χ1) is 8.19. The van der Waals surface area contributed by atoms with Crippen LogP contribution in [0.4, 0.5) is 11.8 Å². The number of aromatic nitrogens is 3. The molecule has 4 N–H and O–H groups in total. The normalized spacial score (nSPS) is 10.3. The molecule has 0 bridgehead atoms. The van der Waals surface area contributed by atoms with E-state index in [0.29, 0.717) is 18.3 Å². The monoisotopic (exact) mass is 234 g/mol. The molecule has 0 aliphatic carbocycles. The van der Waals surface area contributed by atoms with Crippen LogP contribution in [0.15, 0.2) is 16.8 Å². The second-order valence-corrected chi connectivity index (χ2v) is 3.65. The third-order valence-corrected chi connectivity index (χ3v) is 2.21. The van der Waals surface area contributed by atoms with Crippen LogP contribution in [-0.2, 0) is 6.54 Å². The van der Waals surface area contributed by atoms with E-state index in [0.717, 1.165) is 17.0 Å². The fourth-order valence-corrected chi connectivity index (χ4v) is 1.37. The molecule has 0 atom stereocenters. The summed E-state index contributed by atoms with van der Waals surface area (Å²) in [7, 11) is 0. The van der Waals surface area contributed by atoms with Gasteiger partial charge in [-0.05, 0) is 13.8 Å². The summed E-state index contributed by atoms with van der Waals surface area (Å²) in [4.78, 5) is 8.19. The van der Waals surface area contributed by atoms with E-state index in [2.05, 4.69) is 25.9 Å². The first kappa shape index (κ1) is 11.3. The zero-order valence-electron chi connectivity index (χ0n) is 9.69. The van der Waals surface area contributed by atoms with Crippen LogP contribution in [0.5, 0.6) is 0 Å². The van der Waals surface area contributed by atoms with Crippen molar-refractivity contribution < 1.29 is 4.52 Å². The molecule has 0 unspecified atom stereocenters. The lowest BCUT2D eigenvalue weighted by molar-refractivity contribution is 0.391. The molecule has 90 valence electrons. The summed E-state index contributed by atoms with van der Waals surface area (Å²) < 4.78 is 4.97. The fraction of sp³-hybridized carbons (Fsp3) is 0.300. The first-order valence-corrected chi connectivity index (χ1v) is 5.15. The third-order valence-electron chi connectivity index (χ3n) is 2.21. The Kier molecular flexibility index (Phi) is 3.20. The number of nitrogens with zero attached hydrogens (tertiary/aromatic N) is 3. The van der Waals surface area contributed by atoms with Gasteiger partial charge in [0.2, 0.25) is 5.95 Å². The van der Waals surface area contributed by atoms with Crippen LogP contribution < -0.4 is 16.6 Å². The smallest absolute Gasteiger partial charge is 0.239 e. The Labute approximate surface area is 98.4 Å². The van der Waals surface area contributed by atoms with Crippen LogP contribution in [0, 0.1) is 13.8 Å². The lowest BCUT2D eigenvalue weighted by Gasteiger charge is -2.07. The molecule has 17 heavy (non-hydrogen) atoms. The molecule has 0 saturated carbocycles. The lowest BCUT2D eigenvalue weighted by atomic mass is 10.3. The van der Waals surface area contributed by atoms with Crippen molar-refractivity contribution in [1.29, 1.82) is 0 Å². The Morgan fingerprint density at radius 1 is 1.41 bits per heavy atom. The van der Waals surface area contributed by atoms with Crippen molar-refractivity contribution >= 4 is 11.8 Å². The molecule has 0 aromatic carbocycles. The molecule has 7 nitrogen and oxygen atoms in total. The molecule has 2 aromatic heterocycles. The molecule has 0 saturated heterocycles. The molecule has 2 heterocycles. The highest BCUT2D eigenvalue weighted by atomic mass is 16.5. The number of anilines is 2. The van der Waals surface area contributed by atoms with Crippen molar-refractivity contribution in [2.24, 2.45) is 5.84 Å². The van der Waals surface area contributed by atoms with Gasteiger partial charge in [0.05, 0.1) is 6.54 Å². The van der Waals surface area contributed by atoms with Gasteiger partial charge in [-0.25, -0.2) is 10.8 Å². The van der Waals surface area contributed by atoms with Crippen LogP contribution in [-0.4, -0.2) is 15.1 Å². The second-order valence-electron chi connectivity index (χ2n) is 3.65. The quantitative estimate of drug-likeness (QED) is 0.535. The van der Waals surface area contributed by atoms with E-state index >= 15 is 0 Å². The summed E-state index contributed by atoms with van der Waals surface area (Å²) in [5.41, 5.74) is 4.16. The maximum atomic E-state index is 5.25. The van der Waals surface area contributed by atoms with Gasteiger partial charge >= 0.3 is 0 Å². The van der Waals surface area contributed by atoms with Gasteiger partial charge in [-0.15, -0.1) is 0 Å². The largest absolute Gasteiger partial charge is 0.364 e. The van der Waals surface area contributed by atoms with Gasteiger partial charge in [-0.2, -0.15) is 4.98 Å². The predicted octanol–water partition coefficient (Wildman–Crippen LogP) is 0.979. The summed E-state index contributed by atoms with van der Waals surface area (Å²) in [6.45, 7) is 4.30. The van der Waals surface area contributed by atoms with E-state index in [1.165, 1.54) is 0 Å². The van der Waals surface area contributed by atoms with E-state index in [9.17, 15) is 0 Å². The minimum Gasteiger partial charge on any atom is -0.364 e. The van der Waals surface area contributed by atoms with Crippen molar-refractivity contribution in [3.8, 4) is 0 Å². The van der Waals surface area contributed by atoms with Gasteiger partial charge in [-0.1, -0.05) is 5.16 Å². The summed E-state index contributed by atoms with van der Waals surface area (Å²) >= 11 is 0. The lowest BCUT2D eigenvalue weighted by Crippen LogP contribution is -2.12. The van der Waals surface area contributed by atoms with Crippen LogP contribution in [0.25, 0.3) is 0 Å². The van der Waals surface area contributed by atoms with E-state index in [1.807, 2.05) is 19.9 Å². The molecule has 2 rings (SSSR count). The van der Waals surface area contributed by atoms with E-state index in [1.54, 1.807) is 6.20 Å². The number of nitrogen functional groups attached to an aromatic ring is 1. The minimum atomic E-state index is 0.370. The van der Waals surface area contributed by atoms with Gasteiger partial charge in [0.15, 0.2) is 0 Å². The summed E-state index contributed by atoms with van der Waals surface area (Å²) in [5, 5.41) is 7.03. The zero-order chi connectivity index (χ0) is 12.3. The maximum Gasteiger partial charge on any atom is 0.239 e. The Morgan fingerprint density at radius 3 is 2.88 bits per heavy atom. The highest BCUT2D eigenvalue weighted by Crippen LogP contribution is 2.13. The van der Waals surface area contributed by atoms with Gasteiger partial charge < -0.3 is 9.84 Å². The molecule has 0 aliphatic heterocycles. The van der Waals surface area contributed by atoms with E-state index in [4.69, 9.17) is 10.4 Å². The van der Waals surface area contributed by atoms with Crippen molar-refractivity contribution in [3.63, 3.8) is 0 Å². The van der Waals surface area contributed by atoms with Crippen LogP contribution in [0.1, 0.15) is 17.0 Å². The van der Waals surface area contributed by atoms with Crippen LogP contribution in [0.3, 0.4) is 0 Å². The molecular weight excluding hydrogens is 220 g/mol. The Hall–Kier alpha value is -2.15. The van der Waals surface area contributed by atoms with Gasteiger partial charge in [0.1, 0.15) is 17.3 Å². The molecular formula is C10H14N6O. The number of aryl methyl sites for hydroxylation is 2. The summed E-state index contributed by atoms with van der Waals surface area (Å²) in [6, 6.07) is 1.87. The topological polar surface area (TPSA) is 102 Å². The number of rotatable bonds is 4. The van der Waals surface area contributed by atoms with Crippen molar-refractivity contribution in [3.05, 3.63) is 29.3 Å². The molecule has 2 aromatic rings. The molecule has 0 fully saturated rings. The number of hydrogen-bond acceptors (Lipinski definition) is 7.